The van der Waals surface area contributed by atoms with Crippen LogP contribution in [0.4, 0.5) is 8.78 Å². The van der Waals surface area contributed by atoms with Crippen molar-refractivity contribution in [3.8, 4) is 11.5 Å². The third-order valence-electron chi connectivity index (χ3n) is 3.02. The highest BCUT2D eigenvalue weighted by atomic mass is 19.1. The normalized spacial score (nSPS) is 12.0. The lowest BCUT2D eigenvalue weighted by molar-refractivity contribution is 0.198. The van der Waals surface area contributed by atoms with Gasteiger partial charge in [0.25, 0.3) is 0 Å². The molecule has 0 bridgehead atoms. The van der Waals surface area contributed by atoms with Crippen LogP contribution in [0.3, 0.4) is 0 Å². The summed E-state index contributed by atoms with van der Waals surface area (Å²) in [5, 5.41) is 9.59. The first-order valence-corrected chi connectivity index (χ1v) is 6.43. The SMILES string of the molecule is COc1ccc(C(C)O)cc1COc1cc(F)cc(F)c1. The van der Waals surface area contributed by atoms with Crippen LogP contribution in [0.25, 0.3) is 0 Å². The highest BCUT2D eigenvalue weighted by Crippen LogP contribution is 2.25. The third kappa shape index (κ3) is 3.92. The van der Waals surface area contributed by atoms with Gasteiger partial charge in [0.15, 0.2) is 0 Å². The van der Waals surface area contributed by atoms with Crippen LogP contribution in [0.15, 0.2) is 36.4 Å². The van der Waals surface area contributed by atoms with Crippen molar-refractivity contribution in [1.29, 1.82) is 0 Å². The molecule has 2 rings (SSSR count). The molecule has 0 aromatic heterocycles. The molecule has 0 aliphatic rings. The van der Waals surface area contributed by atoms with Gasteiger partial charge in [0, 0.05) is 23.8 Å². The maximum atomic E-state index is 13.1. The minimum Gasteiger partial charge on any atom is -0.496 e. The number of halogens is 2. The van der Waals surface area contributed by atoms with Gasteiger partial charge in [-0.25, -0.2) is 8.78 Å². The molecule has 0 aliphatic carbocycles. The molecule has 3 nitrogen and oxygen atoms in total. The number of aliphatic hydroxyl groups excluding tert-OH is 1. The number of aliphatic hydroxyl groups is 1. The number of ether oxygens (including phenoxy) is 2. The lowest BCUT2D eigenvalue weighted by atomic mass is 10.1. The first-order chi connectivity index (χ1) is 9.99. The highest BCUT2D eigenvalue weighted by Gasteiger charge is 2.09. The predicted octanol–water partition coefficient (Wildman–Crippen LogP) is 3.61. The lowest BCUT2D eigenvalue weighted by Gasteiger charge is -2.13. The molecule has 1 atom stereocenters. The van der Waals surface area contributed by atoms with Gasteiger partial charge in [-0.1, -0.05) is 6.07 Å². The van der Waals surface area contributed by atoms with E-state index in [0.717, 1.165) is 18.2 Å². The Labute approximate surface area is 121 Å². The largest absolute Gasteiger partial charge is 0.496 e. The van der Waals surface area contributed by atoms with E-state index in [0.29, 0.717) is 16.9 Å². The molecule has 0 saturated carbocycles. The summed E-state index contributed by atoms with van der Waals surface area (Å²) in [6, 6.07) is 8.19. The molecule has 0 spiro atoms. The van der Waals surface area contributed by atoms with Crippen LogP contribution in [-0.4, -0.2) is 12.2 Å². The molecule has 0 aliphatic heterocycles. The van der Waals surface area contributed by atoms with Crippen molar-refractivity contribution in [1.82, 2.24) is 0 Å². The molecule has 1 N–H and O–H groups in total. The van der Waals surface area contributed by atoms with Gasteiger partial charge in [0.2, 0.25) is 0 Å². The zero-order valence-corrected chi connectivity index (χ0v) is 11.8. The van der Waals surface area contributed by atoms with E-state index in [1.165, 1.54) is 7.11 Å². The van der Waals surface area contributed by atoms with Crippen molar-refractivity contribution in [2.24, 2.45) is 0 Å². The van der Waals surface area contributed by atoms with Gasteiger partial charge in [0.05, 0.1) is 13.2 Å². The lowest BCUT2D eigenvalue weighted by Crippen LogP contribution is -2.02. The van der Waals surface area contributed by atoms with Crippen LogP contribution in [-0.2, 0) is 6.61 Å². The van der Waals surface area contributed by atoms with E-state index < -0.39 is 17.7 Å². The van der Waals surface area contributed by atoms with E-state index in [4.69, 9.17) is 9.47 Å². The maximum Gasteiger partial charge on any atom is 0.129 e. The van der Waals surface area contributed by atoms with Gasteiger partial charge in [-0.2, -0.15) is 0 Å². The zero-order valence-electron chi connectivity index (χ0n) is 11.8. The molecule has 1 unspecified atom stereocenters. The van der Waals surface area contributed by atoms with Gasteiger partial charge in [0.1, 0.15) is 29.7 Å². The van der Waals surface area contributed by atoms with Crippen LogP contribution >= 0.6 is 0 Å². The predicted molar refractivity (Wildman–Crippen MR) is 74.3 cm³/mol. The second-order valence-corrected chi connectivity index (χ2v) is 4.64. The summed E-state index contributed by atoms with van der Waals surface area (Å²) >= 11 is 0. The molecule has 2 aromatic rings. The van der Waals surface area contributed by atoms with Crippen molar-refractivity contribution in [2.75, 3.05) is 7.11 Å². The van der Waals surface area contributed by atoms with Gasteiger partial charge in [-0.3, -0.25) is 0 Å². The van der Waals surface area contributed by atoms with Crippen molar-refractivity contribution >= 4 is 0 Å². The summed E-state index contributed by atoms with van der Waals surface area (Å²) in [5.74, 6) is -0.724. The van der Waals surface area contributed by atoms with E-state index in [2.05, 4.69) is 0 Å². The minimum atomic E-state index is -0.699. The number of hydrogen-bond acceptors (Lipinski definition) is 3. The van der Waals surface area contributed by atoms with Gasteiger partial charge in [-0.05, 0) is 24.6 Å². The monoisotopic (exact) mass is 294 g/mol. The van der Waals surface area contributed by atoms with Crippen LogP contribution in [0.2, 0.25) is 0 Å². The molecule has 0 heterocycles. The summed E-state index contributed by atoms with van der Waals surface area (Å²) in [6.45, 7) is 1.72. The average molecular weight is 294 g/mol. The second kappa shape index (κ2) is 6.54. The van der Waals surface area contributed by atoms with Crippen LogP contribution in [0.1, 0.15) is 24.2 Å². The number of hydrogen-bond donors (Lipinski definition) is 1. The molecule has 0 radical (unpaired) electrons. The van der Waals surface area contributed by atoms with Crippen LogP contribution in [0.5, 0.6) is 11.5 Å². The Kier molecular flexibility index (Phi) is 4.75. The molecule has 5 heteroatoms. The average Bonchev–Trinajstić information content (AvgIpc) is 2.43. The standard InChI is InChI=1S/C16H16F2O3/c1-10(19)11-3-4-16(20-2)12(5-11)9-21-15-7-13(17)6-14(18)8-15/h3-8,10,19H,9H2,1-2H3. The summed E-state index contributed by atoms with van der Waals surface area (Å²) in [6.07, 6.45) is -0.624. The first kappa shape index (κ1) is 15.3. The van der Waals surface area contributed by atoms with Crippen molar-refractivity contribution in [3.05, 3.63) is 59.2 Å². The van der Waals surface area contributed by atoms with Gasteiger partial charge in [-0.15, -0.1) is 0 Å². The number of methoxy groups -OCH3 is 1. The third-order valence-corrected chi connectivity index (χ3v) is 3.02. The Morgan fingerprint density at radius 2 is 1.76 bits per heavy atom. The molecule has 2 aromatic carbocycles. The first-order valence-electron chi connectivity index (χ1n) is 6.43. The second-order valence-electron chi connectivity index (χ2n) is 4.64. The van der Waals surface area contributed by atoms with Crippen LogP contribution in [0, 0.1) is 11.6 Å². The quantitative estimate of drug-likeness (QED) is 0.915. The molecular formula is C16H16F2O3. The fraction of sp³-hybridized carbons (Fsp3) is 0.250. The Bertz CT molecular complexity index is 607. The molecule has 21 heavy (non-hydrogen) atoms. The summed E-state index contributed by atoms with van der Waals surface area (Å²) in [7, 11) is 1.52. The molecular weight excluding hydrogens is 278 g/mol. The Balaban J connectivity index is 2.20. The van der Waals surface area contributed by atoms with Crippen molar-refractivity contribution in [2.45, 2.75) is 19.6 Å². The van der Waals surface area contributed by atoms with Gasteiger partial charge < -0.3 is 14.6 Å². The minimum absolute atomic E-state index is 0.0760. The van der Waals surface area contributed by atoms with Crippen molar-refractivity contribution < 1.29 is 23.4 Å². The number of rotatable bonds is 5. The molecule has 0 saturated heterocycles. The van der Waals surface area contributed by atoms with E-state index in [9.17, 15) is 13.9 Å². The Hall–Kier alpha value is -2.14. The van der Waals surface area contributed by atoms with E-state index >= 15 is 0 Å². The van der Waals surface area contributed by atoms with Gasteiger partial charge >= 0.3 is 0 Å². The van der Waals surface area contributed by atoms with E-state index in [-0.39, 0.29) is 12.4 Å². The highest BCUT2D eigenvalue weighted by molar-refractivity contribution is 5.38. The summed E-state index contributed by atoms with van der Waals surface area (Å²) < 4.78 is 36.8. The Morgan fingerprint density at radius 1 is 1.10 bits per heavy atom. The van der Waals surface area contributed by atoms with Crippen molar-refractivity contribution in [3.63, 3.8) is 0 Å². The smallest absolute Gasteiger partial charge is 0.129 e. The summed E-state index contributed by atoms with van der Waals surface area (Å²) in [5.41, 5.74) is 1.39. The molecule has 112 valence electrons. The summed E-state index contributed by atoms with van der Waals surface area (Å²) in [4.78, 5) is 0. The molecule has 0 amide bonds. The van der Waals surface area contributed by atoms with E-state index in [1.807, 2.05) is 0 Å². The maximum absolute atomic E-state index is 13.1. The topological polar surface area (TPSA) is 38.7 Å². The Morgan fingerprint density at radius 3 is 2.33 bits per heavy atom. The molecule has 0 fully saturated rings. The number of benzene rings is 2. The fourth-order valence-corrected chi connectivity index (χ4v) is 1.94. The fourth-order valence-electron chi connectivity index (χ4n) is 1.94. The zero-order chi connectivity index (χ0) is 15.4. The van der Waals surface area contributed by atoms with Crippen LogP contribution < -0.4 is 9.47 Å². The van der Waals surface area contributed by atoms with E-state index in [1.54, 1.807) is 25.1 Å².